The first-order chi connectivity index (χ1) is 10.1. The number of halogens is 1. The summed E-state index contributed by atoms with van der Waals surface area (Å²) in [7, 11) is 1.68. The molecule has 1 unspecified atom stereocenters. The van der Waals surface area contributed by atoms with Crippen molar-refractivity contribution < 1.29 is 4.74 Å². The Kier molecular flexibility index (Phi) is 5.79. The van der Waals surface area contributed by atoms with Crippen LogP contribution in [0.2, 0.25) is 0 Å². The van der Waals surface area contributed by atoms with E-state index in [4.69, 9.17) is 10.6 Å². The van der Waals surface area contributed by atoms with Gasteiger partial charge in [-0.2, -0.15) is 0 Å². The Morgan fingerprint density at radius 2 is 2.00 bits per heavy atom. The maximum atomic E-state index is 5.73. The highest BCUT2D eigenvalue weighted by Gasteiger charge is 2.12. The molecule has 0 saturated heterocycles. The lowest BCUT2D eigenvalue weighted by Crippen LogP contribution is -2.38. The summed E-state index contributed by atoms with van der Waals surface area (Å²) < 4.78 is 6.36. The van der Waals surface area contributed by atoms with Gasteiger partial charge in [-0.15, -0.1) is 0 Å². The van der Waals surface area contributed by atoms with Crippen molar-refractivity contribution in [1.82, 2.24) is 5.43 Å². The van der Waals surface area contributed by atoms with E-state index < -0.39 is 0 Å². The molecule has 0 aliphatic rings. The minimum Gasteiger partial charge on any atom is -0.497 e. The third-order valence-corrected chi connectivity index (χ3v) is 4.29. The van der Waals surface area contributed by atoms with Crippen molar-refractivity contribution in [2.45, 2.75) is 25.8 Å². The van der Waals surface area contributed by atoms with Gasteiger partial charge in [-0.05, 0) is 49.1 Å². The predicted octanol–water partition coefficient (Wildman–Crippen LogP) is 3.38. The van der Waals surface area contributed by atoms with Gasteiger partial charge in [-0.1, -0.05) is 45.8 Å². The van der Waals surface area contributed by atoms with E-state index in [1.54, 1.807) is 7.11 Å². The number of nitrogens with two attached hydrogens (primary N) is 1. The fourth-order valence-electron chi connectivity index (χ4n) is 2.41. The minimum atomic E-state index is 0.176. The lowest BCUT2D eigenvalue weighted by Gasteiger charge is -2.18. The summed E-state index contributed by atoms with van der Waals surface area (Å²) in [6.07, 6.45) is 1.73. The molecule has 0 amide bonds. The van der Waals surface area contributed by atoms with Crippen LogP contribution in [-0.2, 0) is 12.8 Å². The molecule has 21 heavy (non-hydrogen) atoms. The van der Waals surface area contributed by atoms with Crippen LogP contribution in [0.1, 0.15) is 16.7 Å². The van der Waals surface area contributed by atoms with Gasteiger partial charge in [-0.3, -0.25) is 11.3 Å². The summed E-state index contributed by atoms with van der Waals surface area (Å²) in [5.74, 6) is 6.59. The highest BCUT2D eigenvalue weighted by Crippen LogP contribution is 2.24. The molecule has 0 spiro atoms. The molecule has 0 saturated carbocycles. The molecule has 0 radical (unpaired) electrons. The Morgan fingerprint density at radius 3 is 2.67 bits per heavy atom. The number of rotatable bonds is 6. The first-order valence-corrected chi connectivity index (χ1v) is 7.75. The molecular formula is C17H21BrN2O. The monoisotopic (exact) mass is 348 g/mol. The van der Waals surface area contributed by atoms with E-state index in [0.717, 1.165) is 23.1 Å². The summed E-state index contributed by atoms with van der Waals surface area (Å²) in [6, 6.07) is 14.7. The molecule has 0 aliphatic carbocycles. The highest BCUT2D eigenvalue weighted by molar-refractivity contribution is 9.10. The summed E-state index contributed by atoms with van der Waals surface area (Å²) >= 11 is 3.59. The van der Waals surface area contributed by atoms with Gasteiger partial charge in [0.15, 0.2) is 0 Å². The van der Waals surface area contributed by atoms with Crippen LogP contribution in [0, 0.1) is 6.92 Å². The van der Waals surface area contributed by atoms with Crippen molar-refractivity contribution in [2.75, 3.05) is 7.11 Å². The zero-order valence-corrected chi connectivity index (χ0v) is 14.0. The summed E-state index contributed by atoms with van der Waals surface area (Å²) in [5.41, 5.74) is 6.66. The molecule has 112 valence electrons. The van der Waals surface area contributed by atoms with E-state index in [9.17, 15) is 0 Å². The fourth-order valence-corrected chi connectivity index (χ4v) is 2.82. The molecule has 2 aromatic carbocycles. The topological polar surface area (TPSA) is 47.3 Å². The second-order valence-corrected chi connectivity index (χ2v) is 6.07. The van der Waals surface area contributed by atoms with Gasteiger partial charge in [0.05, 0.1) is 7.11 Å². The summed E-state index contributed by atoms with van der Waals surface area (Å²) in [5, 5.41) is 0. The van der Waals surface area contributed by atoms with Crippen LogP contribution in [0.25, 0.3) is 0 Å². The van der Waals surface area contributed by atoms with Crippen molar-refractivity contribution in [3.8, 4) is 5.75 Å². The van der Waals surface area contributed by atoms with E-state index in [1.165, 1.54) is 16.7 Å². The molecule has 0 fully saturated rings. The fraction of sp³-hybridized carbons (Fsp3) is 0.294. The first kappa shape index (κ1) is 16.0. The van der Waals surface area contributed by atoms with Gasteiger partial charge in [0.25, 0.3) is 0 Å². The number of hydrazine groups is 1. The second kappa shape index (κ2) is 7.59. The lowest BCUT2D eigenvalue weighted by molar-refractivity contribution is 0.413. The first-order valence-electron chi connectivity index (χ1n) is 6.96. The Morgan fingerprint density at radius 1 is 1.19 bits per heavy atom. The van der Waals surface area contributed by atoms with Gasteiger partial charge in [0.1, 0.15) is 5.75 Å². The molecule has 2 aromatic rings. The van der Waals surface area contributed by atoms with E-state index in [2.05, 4.69) is 52.5 Å². The van der Waals surface area contributed by atoms with Gasteiger partial charge in [0.2, 0.25) is 0 Å². The molecule has 0 heterocycles. The van der Waals surface area contributed by atoms with Crippen molar-refractivity contribution in [1.29, 1.82) is 0 Å². The predicted molar refractivity (Wildman–Crippen MR) is 90.4 cm³/mol. The zero-order valence-electron chi connectivity index (χ0n) is 12.4. The van der Waals surface area contributed by atoms with Crippen LogP contribution in [0.4, 0.5) is 0 Å². The quantitative estimate of drug-likeness (QED) is 0.621. The van der Waals surface area contributed by atoms with Crippen LogP contribution in [-0.4, -0.2) is 13.2 Å². The van der Waals surface area contributed by atoms with Crippen molar-refractivity contribution in [3.63, 3.8) is 0 Å². The maximum absolute atomic E-state index is 5.73. The highest BCUT2D eigenvalue weighted by atomic mass is 79.9. The minimum absolute atomic E-state index is 0.176. The van der Waals surface area contributed by atoms with Gasteiger partial charge >= 0.3 is 0 Å². The third-order valence-electron chi connectivity index (χ3n) is 3.52. The molecule has 0 aliphatic heterocycles. The number of benzene rings is 2. The standard InChI is InChI=1S/C17H21BrN2O/c1-12-4-3-5-13(8-12)9-15(20-19)10-14-11-16(21-2)6-7-17(14)18/h3-8,11,15,20H,9-10,19H2,1-2H3. The number of aryl methyl sites for hydroxylation is 1. The number of methoxy groups -OCH3 is 1. The van der Waals surface area contributed by atoms with Crippen LogP contribution >= 0.6 is 15.9 Å². The van der Waals surface area contributed by atoms with Crippen LogP contribution in [0.5, 0.6) is 5.75 Å². The lowest BCUT2D eigenvalue weighted by atomic mass is 9.98. The largest absolute Gasteiger partial charge is 0.497 e. The normalized spacial score (nSPS) is 12.2. The Hall–Kier alpha value is -1.36. The number of hydrogen-bond donors (Lipinski definition) is 2. The van der Waals surface area contributed by atoms with E-state index in [1.807, 2.05) is 18.2 Å². The van der Waals surface area contributed by atoms with E-state index >= 15 is 0 Å². The van der Waals surface area contributed by atoms with E-state index in [-0.39, 0.29) is 6.04 Å². The molecule has 3 N–H and O–H groups in total. The van der Waals surface area contributed by atoms with Crippen LogP contribution in [0.15, 0.2) is 46.9 Å². The smallest absolute Gasteiger partial charge is 0.119 e. The van der Waals surface area contributed by atoms with Crippen molar-refractivity contribution in [2.24, 2.45) is 5.84 Å². The molecule has 4 heteroatoms. The van der Waals surface area contributed by atoms with Crippen molar-refractivity contribution in [3.05, 3.63) is 63.6 Å². The average Bonchev–Trinajstić information content (AvgIpc) is 2.48. The molecule has 1 atom stereocenters. The maximum Gasteiger partial charge on any atom is 0.119 e. The number of ether oxygens (including phenoxy) is 1. The van der Waals surface area contributed by atoms with Crippen molar-refractivity contribution >= 4 is 15.9 Å². The Balaban J connectivity index is 2.12. The Labute approximate surface area is 134 Å². The number of hydrogen-bond acceptors (Lipinski definition) is 3. The van der Waals surface area contributed by atoms with Crippen LogP contribution in [0.3, 0.4) is 0 Å². The summed E-state index contributed by atoms with van der Waals surface area (Å²) in [6.45, 7) is 2.10. The third kappa shape index (κ3) is 4.56. The molecular weight excluding hydrogens is 328 g/mol. The molecule has 3 nitrogen and oxygen atoms in total. The Bertz CT molecular complexity index is 601. The number of nitrogens with one attached hydrogen (secondary N) is 1. The van der Waals surface area contributed by atoms with E-state index in [0.29, 0.717) is 0 Å². The van der Waals surface area contributed by atoms with Gasteiger partial charge in [-0.25, -0.2) is 0 Å². The van der Waals surface area contributed by atoms with Crippen LogP contribution < -0.4 is 16.0 Å². The average molecular weight is 349 g/mol. The zero-order chi connectivity index (χ0) is 15.2. The second-order valence-electron chi connectivity index (χ2n) is 5.22. The SMILES string of the molecule is COc1ccc(Br)c(CC(Cc2cccc(C)c2)NN)c1. The summed E-state index contributed by atoms with van der Waals surface area (Å²) in [4.78, 5) is 0. The molecule has 2 rings (SSSR count). The molecule has 0 bridgehead atoms. The molecule has 0 aromatic heterocycles. The van der Waals surface area contributed by atoms with Gasteiger partial charge < -0.3 is 4.74 Å². The van der Waals surface area contributed by atoms with Gasteiger partial charge in [0, 0.05) is 10.5 Å².